The molecule has 1 fully saturated rings. The Hall–Kier alpha value is -3.74. The molecule has 12 heteroatoms. The van der Waals surface area contributed by atoms with Crippen molar-refractivity contribution in [3.8, 4) is 0 Å². The van der Waals surface area contributed by atoms with Crippen molar-refractivity contribution in [3.63, 3.8) is 0 Å². The van der Waals surface area contributed by atoms with E-state index in [1.807, 2.05) is 79.7 Å². The first kappa shape index (κ1) is 31.3. The molecule has 4 aromatic carbocycles. The summed E-state index contributed by atoms with van der Waals surface area (Å²) in [6.45, 7) is -0.0819. The Kier molecular flexibility index (Phi) is 8.25. The van der Waals surface area contributed by atoms with E-state index in [-0.39, 0.29) is 23.8 Å². The van der Waals surface area contributed by atoms with E-state index in [2.05, 4.69) is 10.6 Å². The summed E-state index contributed by atoms with van der Waals surface area (Å²) in [6.07, 6.45) is -3.89. The van der Waals surface area contributed by atoms with Gasteiger partial charge >= 0.3 is 12.1 Å². The molecule has 0 bridgehead atoms. The average Bonchev–Trinajstić information content (AvgIpc) is 3.23. The molecule has 0 spiro atoms. The van der Waals surface area contributed by atoms with Gasteiger partial charge in [-0.3, -0.25) is 8.98 Å². The van der Waals surface area contributed by atoms with E-state index >= 15 is 0 Å². The van der Waals surface area contributed by atoms with E-state index in [4.69, 9.17) is 4.18 Å². The normalized spacial score (nSPS) is 20.6. The Morgan fingerprint density at radius 2 is 1.73 bits per heavy atom. The summed E-state index contributed by atoms with van der Waals surface area (Å²) in [5, 5.41) is 6.75. The minimum absolute atomic E-state index is 0.0819. The molecule has 0 saturated heterocycles. The number of nitrogens with zero attached hydrogens (tertiary/aromatic N) is 1. The van der Waals surface area contributed by atoms with Crippen molar-refractivity contribution in [3.05, 3.63) is 90.5 Å². The van der Waals surface area contributed by atoms with E-state index in [1.165, 1.54) is 17.8 Å². The molecule has 1 amide bonds. The van der Waals surface area contributed by atoms with Gasteiger partial charge in [-0.2, -0.15) is 21.6 Å². The molecular weight excluding hydrogens is 624 g/mol. The van der Waals surface area contributed by atoms with Crippen LogP contribution in [0.5, 0.6) is 0 Å². The third-order valence-electron chi connectivity index (χ3n) is 8.44. The number of benzene rings is 4. The lowest BCUT2D eigenvalue weighted by molar-refractivity contribution is -0.177. The summed E-state index contributed by atoms with van der Waals surface area (Å²) in [6, 6.07) is 26.0. The van der Waals surface area contributed by atoms with E-state index < -0.39 is 33.8 Å². The average molecular weight is 656 g/mol. The van der Waals surface area contributed by atoms with Crippen LogP contribution in [0.15, 0.2) is 99.6 Å². The van der Waals surface area contributed by atoms with Crippen LogP contribution in [-0.4, -0.2) is 46.9 Å². The van der Waals surface area contributed by atoms with Crippen molar-refractivity contribution in [2.24, 2.45) is 5.92 Å². The fourth-order valence-corrected chi connectivity index (χ4v) is 8.59. The Labute approximate surface area is 264 Å². The highest BCUT2D eigenvalue weighted by Gasteiger charge is 2.61. The summed E-state index contributed by atoms with van der Waals surface area (Å²) in [5.74, 6) is -2.52. The molecule has 2 N–H and O–H groups in total. The molecule has 4 aromatic rings. The second-order valence-corrected chi connectivity index (χ2v) is 14.3. The van der Waals surface area contributed by atoms with E-state index in [0.29, 0.717) is 23.9 Å². The van der Waals surface area contributed by atoms with Crippen molar-refractivity contribution in [1.29, 1.82) is 0 Å². The lowest BCUT2D eigenvalue weighted by Gasteiger charge is -2.52. The second kappa shape index (κ2) is 11.9. The van der Waals surface area contributed by atoms with Crippen molar-refractivity contribution < 1.29 is 30.6 Å². The first-order chi connectivity index (χ1) is 21.4. The van der Waals surface area contributed by atoms with Gasteiger partial charge in [0, 0.05) is 52.0 Å². The van der Waals surface area contributed by atoms with Crippen LogP contribution in [0.1, 0.15) is 30.7 Å². The van der Waals surface area contributed by atoms with E-state index in [1.54, 1.807) is 18.2 Å². The number of hydrogen-bond donors (Lipinski definition) is 2. The summed E-state index contributed by atoms with van der Waals surface area (Å²) in [7, 11) is -0.305. The highest BCUT2D eigenvalue weighted by atomic mass is 32.2. The maximum Gasteiger partial charge on any atom is 0.471 e. The molecule has 0 unspecified atom stereocenters. The minimum atomic E-state index is -5.02. The maximum absolute atomic E-state index is 13.3. The van der Waals surface area contributed by atoms with E-state index in [9.17, 15) is 26.4 Å². The van der Waals surface area contributed by atoms with Crippen LogP contribution in [0, 0.1) is 5.92 Å². The molecule has 236 valence electrons. The standard InChI is InChI=1S/C33H32F3N3O4S2/c1-39(2)28-14-6-13-25-24(28)12-7-15-29(25)45(41,42)43-18-8-9-21-20-32(38-31(40)33(34,35)36)30(21)26-19-23(16-17-27(26)37-32)44-22-10-4-3-5-11-22/h3-7,10-17,19,21,30,37H,8-9,18,20H2,1-2H3,(H,38,40)/t21-,30-,32+/m0/s1. The molecule has 45 heavy (non-hydrogen) atoms. The Morgan fingerprint density at radius 3 is 2.47 bits per heavy atom. The van der Waals surface area contributed by atoms with Gasteiger partial charge in [0.1, 0.15) is 10.6 Å². The quantitative estimate of drug-likeness (QED) is 0.139. The molecule has 3 atom stereocenters. The van der Waals surface area contributed by atoms with Crippen LogP contribution >= 0.6 is 11.8 Å². The van der Waals surface area contributed by atoms with Crippen molar-refractivity contribution in [1.82, 2.24) is 5.32 Å². The Bertz CT molecular complexity index is 1850. The number of carbonyl (C=O) groups excluding carboxylic acids is 1. The summed E-state index contributed by atoms with van der Waals surface area (Å²) in [5.41, 5.74) is 1.12. The minimum Gasteiger partial charge on any atom is -0.377 e. The van der Waals surface area contributed by atoms with Gasteiger partial charge in [0.15, 0.2) is 0 Å². The fraction of sp³-hybridized carbons (Fsp3) is 0.303. The highest BCUT2D eigenvalue weighted by Crippen LogP contribution is 2.59. The van der Waals surface area contributed by atoms with Gasteiger partial charge in [0.05, 0.1) is 6.61 Å². The fourth-order valence-electron chi connectivity index (χ4n) is 6.54. The Balaban J connectivity index is 1.17. The number of fused-ring (bicyclic) bond motifs is 4. The Morgan fingerprint density at radius 1 is 1.00 bits per heavy atom. The topological polar surface area (TPSA) is 87.7 Å². The first-order valence-corrected chi connectivity index (χ1v) is 16.7. The molecule has 0 aromatic heterocycles. The number of hydrogen-bond acceptors (Lipinski definition) is 7. The van der Waals surface area contributed by atoms with Gasteiger partial charge in [0.25, 0.3) is 10.1 Å². The van der Waals surface area contributed by atoms with Crippen molar-refractivity contribution >= 4 is 49.9 Å². The number of nitrogens with one attached hydrogen (secondary N) is 2. The number of anilines is 2. The lowest BCUT2D eigenvalue weighted by atomic mass is 9.61. The monoisotopic (exact) mass is 655 g/mol. The van der Waals surface area contributed by atoms with Gasteiger partial charge in [-0.1, -0.05) is 54.2 Å². The molecule has 1 heterocycles. The number of rotatable bonds is 10. The number of halogens is 3. The first-order valence-electron chi connectivity index (χ1n) is 14.5. The zero-order valence-corrected chi connectivity index (χ0v) is 26.2. The molecule has 7 nitrogen and oxygen atoms in total. The lowest BCUT2D eigenvalue weighted by Crippen LogP contribution is -2.66. The largest absolute Gasteiger partial charge is 0.471 e. The van der Waals surface area contributed by atoms with E-state index in [0.717, 1.165) is 26.4 Å². The summed E-state index contributed by atoms with van der Waals surface area (Å²) in [4.78, 5) is 16.0. The van der Waals surface area contributed by atoms with Crippen LogP contribution in [0.25, 0.3) is 10.8 Å². The zero-order chi connectivity index (χ0) is 32.0. The van der Waals surface area contributed by atoms with Gasteiger partial charge in [-0.25, -0.2) is 0 Å². The predicted molar refractivity (Wildman–Crippen MR) is 169 cm³/mol. The van der Waals surface area contributed by atoms with Crippen LogP contribution in [0.2, 0.25) is 0 Å². The number of carbonyl (C=O) groups is 1. The third kappa shape index (κ3) is 6.10. The zero-order valence-electron chi connectivity index (χ0n) is 24.6. The molecule has 0 radical (unpaired) electrons. The van der Waals surface area contributed by atoms with Crippen LogP contribution < -0.4 is 15.5 Å². The summed E-state index contributed by atoms with van der Waals surface area (Å²) < 4.78 is 71.9. The SMILES string of the molecule is CN(C)c1cccc2c(S(=O)(=O)OCCC[C@H]3C[C@]4(NC(=O)C(F)(F)F)Nc5ccc(Sc6ccccc6)cc5[C@H]34)cccc12. The number of alkyl halides is 3. The van der Waals surface area contributed by atoms with Gasteiger partial charge < -0.3 is 15.5 Å². The predicted octanol–water partition coefficient (Wildman–Crippen LogP) is 7.15. The van der Waals surface area contributed by atoms with Crippen LogP contribution in [-0.2, 0) is 19.1 Å². The molecule has 6 rings (SSSR count). The summed E-state index contributed by atoms with van der Waals surface area (Å²) >= 11 is 1.54. The molecular formula is C33H32F3N3O4S2. The van der Waals surface area contributed by atoms with Gasteiger partial charge in [-0.15, -0.1) is 0 Å². The molecule has 1 saturated carbocycles. The van der Waals surface area contributed by atoms with Crippen LogP contribution in [0.3, 0.4) is 0 Å². The second-order valence-electron chi connectivity index (χ2n) is 11.6. The molecule has 2 aliphatic rings. The van der Waals surface area contributed by atoms with Crippen molar-refractivity contribution in [2.45, 2.75) is 51.7 Å². The molecule has 1 aliphatic heterocycles. The highest BCUT2D eigenvalue weighted by molar-refractivity contribution is 7.99. The van der Waals surface area contributed by atoms with Crippen LogP contribution in [0.4, 0.5) is 24.5 Å². The molecule has 1 aliphatic carbocycles. The van der Waals surface area contributed by atoms with Crippen molar-refractivity contribution in [2.75, 3.05) is 30.9 Å². The van der Waals surface area contributed by atoms with Gasteiger partial charge in [-0.05, 0) is 73.2 Å². The third-order valence-corrected chi connectivity index (χ3v) is 10.8. The van der Waals surface area contributed by atoms with Gasteiger partial charge in [0.2, 0.25) is 0 Å². The maximum atomic E-state index is 13.3. The number of amides is 1. The smallest absolute Gasteiger partial charge is 0.377 e.